The maximum absolute atomic E-state index is 12.9. The lowest BCUT2D eigenvalue weighted by atomic mass is 10.1. The van der Waals surface area contributed by atoms with Crippen LogP contribution < -0.4 is 20.7 Å². The normalized spacial score (nSPS) is 12.9. The van der Waals surface area contributed by atoms with Crippen molar-refractivity contribution in [1.82, 2.24) is 25.6 Å². The highest BCUT2D eigenvalue weighted by Crippen LogP contribution is 2.30. The van der Waals surface area contributed by atoms with E-state index in [-0.39, 0.29) is 47.9 Å². The molecule has 0 atom stereocenters. The van der Waals surface area contributed by atoms with Gasteiger partial charge in [-0.25, -0.2) is 9.97 Å². The SMILES string of the molecule is O=C1COc2ccc(CNC(=O)c3ncnc4c(C(=O)NCc5ccc(C(F)(F)F)cc5)c[nH]c34)cc2N1. The Kier molecular flexibility index (Phi) is 6.41. The van der Waals surface area contributed by atoms with Gasteiger partial charge in [-0.2, -0.15) is 13.2 Å². The predicted octanol–water partition coefficient (Wildman–Crippen LogP) is 3.17. The molecule has 0 bridgehead atoms. The molecule has 4 aromatic rings. The molecule has 0 saturated heterocycles. The van der Waals surface area contributed by atoms with Crippen LogP contribution in [0, 0.1) is 0 Å². The third kappa shape index (κ3) is 5.12. The Labute approximate surface area is 212 Å². The van der Waals surface area contributed by atoms with E-state index in [0.717, 1.165) is 18.5 Å². The van der Waals surface area contributed by atoms with Crippen LogP contribution in [0.25, 0.3) is 11.0 Å². The van der Waals surface area contributed by atoms with Gasteiger partial charge >= 0.3 is 6.18 Å². The van der Waals surface area contributed by atoms with Crippen molar-refractivity contribution >= 4 is 34.4 Å². The number of halogens is 3. The number of H-pyrrole nitrogens is 1. The van der Waals surface area contributed by atoms with Crippen LogP contribution in [0.15, 0.2) is 55.0 Å². The fourth-order valence-corrected chi connectivity index (χ4v) is 3.88. The molecule has 2 aromatic carbocycles. The van der Waals surface area contributed by atoms with E-state index in [2.05, 4.69) is 30.9 Å². The molecule has 0 spiro atoms. The van der Waals surface area contributed by atoms with Crippen LogP contribution in [0.5, 0.6) is 5.75 Å². The highest BCUT2D eigenvalue weighted by molar-refractivity contribution is 6.10. The van der Waals surface area contributed by atoms with Crippen molar-refractivity contribution in [2.45, 2.75) is 19.3 Å². The van der Waals surface area contributed by atoms with E-state index < -0.39 is 23.6 Å². The molecule has 1 aliphatic rings. The zero-order valence-corrected chi connectivity index (χ0v) is 19.5. The number of carbonyl (C=O) groups is 3. The summed E-state index contributed by atoms with van der Waals surface area (Å²) in [5.41, 5.74) is 1.55. The number of rotatable bonds is 6. The molecule has 38 heavy (non-hydrogen) atoms. The predicted molar refractivity (Wildman–Crippen MR) is 128 cm³/mol. The summed E-state index contributed by atoms with van der Waals surface area (Å²) < 4.78 is 43.5. The van der Waals surface area contributed by atoms with Crippen LogP contribution >= 0.6 is 0 Å². The smallest absolute Gasteiger partial charge is 0.416 e. The van der Waals surface area contributed by atoms with E-state index in [0.29, 0.717) is 22.6 Å². The molecule has 4 N–H and O–H groups in total. The topological polar surface area (TPSA) is 138 Å². The number of hydrogen-bond acceptors (Lipinski definition) is 6. The van der Waals surface area contributed by atoms with E-state index in [1.807, 2.05) is 0 Å². The van der Waals surface area contributed by atoms with Crippen molar-refractivity contribution in [3.8, 4) is 5.75 Å². The number of aromatic amines is 1. The molecule has 1 aliphatic heterocycles. The molecule has 5 rings (SSSR count). The minimum absolute atomic E-state index is 0.00561. The Bertz CT molecular complexity index is 1550. The molecule has 13 heteroatoms. The summed E-state index contributed by atoms with van der Waals surface area (Å²) in [6.45, 7) is 0.0704. The summed E-state index contributed by atoms with van der Waals surface area (Å²) in [5, 5.41) is 8.08. The number of benzene rings is 2. The minimum atomic E-state index is -4.44. The first kappa shape index (κ1) is 24.7. The van der Waals surface area contributed by atoms with Gasteiger partial charge in [-0.05, 0) is 35.4 Å². The average Bonchev–Trinajstić information content (AvgIpc) is 3.34. The van der Waals surface area contributed by atoms with Crippen LogP contribution in [0.3, 0.4) is 0 Å². The summed E-state index contributed by atoms with van der Waals surface area (Å²) in [7, 11) is 0. The van der Waals surface area contributed by atoms with Gasteiger partial charge in [0.2, 0.25) is 0 Å². The van der Waals surface area contributed by atoms with Crippen molar-refractivity contribution in [3.63, 3.8) is 0 Å². The second-order valence-corrected chi connectivity index (χ2v) is 8.38. The van der Waals surface area contributed by atoms with E-state index in [9.17, 15) is 27.6 Å². The van der Waals surface area contributed by atoms with Gasteiger partial charge in [0.25, 0.3) is 17.7 Å². The number of aromatic nitrogens is 3. The molecule has 2 aromatic heterocycles. The molecule has 0 unspecified atom stereocenters. The Morgan fingerprint density at radius 1 is 0.974 bits per heavy atom. The summed E-state index contributed by atoms with van der Waals surface area (Å²) in [6.07, 6.45) is -1.91. The number of hydrogen-bond donors (Lipinski definition) is 4. The van der Waals surface area contributed by atoms with E-state index in [1.165, 1.54) is 18.3 Å². The first-order valence-electron chi connectivity index (χ1n) is 11.3. The molecule has 0 fully saturated rings. The van der Waals surface area contributed by atoms with E-state index >= 15 is 0 Å². The number of alkyl halides is 3. The van der Waals surface area contributed by atoms with Crippen molar-refractivity contribution in [2.75, 3.05) is 11.9 Å². The largest absolute Gasteiger partial charge is 0.482 e. The number of nitrogens with one attached hydrogen (secondary N) is 4. The molecular formula is C25H19F3N6O4. The number of nitrogens with zero attached hydrogens (tertiary/aromatic N) is 2. The Hall–Kier alpha value is -4.94. The van der Waals surface area contributed by atoms with E-state index in [1.54, 1.807) is 18.2 Å². The standard InChI is InChI=1S/C25H19F3N6O4/c26-25(27,28)15-4-1-13(2-5-15)8-30-23(36)16-10-29-21-20(16)32-12-33-22(21)24(37)31-9-14-3-6-18-17(7-14)34-19(35)11-38-18/h1-7,10,12,29H,8-9,11H2,(H,30,36)(H,31,37)(H,34,35). The third-order valence-electron chi connectivity index (χ3n) is 5.79. The van der Waals surface area contributed by atoms with Crippen molar-refractivity contribution in [1.29, 1.82) is 0 Å². The van der Waals surface area contributed by atoms with Crippen molar-refractivity contribution in [2.24, 2.45) is 0 Å². The summed E-state index contributed by atoms with van der Waals surface area (Å²) in [6, 6.07) is 9.59. The van der Waals surface area contributed by atoms with Crippen molar-refractivity contribution < 1.29 is 32.3 Å². The lowest BCUT2D eigenvalue weighted by Crippen LogP contribution is -2.26. The third-order valence-corrected chi connectivity index (χ3v) is 5.79. The molecule has 3 amide bonds. The summed E-state index contributed by atoms with van der Waals surface area (Å²) in [4.78, 5) is 48.1. The molecule has 0 saturated carbocycles. The van der Waals surface area contributed by atoms with Crippen molar-refractivity contribution in [3.05, 3.63) is 82.9 Å². The molecular weight excluding hydrogens is 505 g/mol. The molecule has 10 nitrogen and oxygen atoms in total. The molecule has 3 heterocycles. The Balaban J connectivity index is 1.25. The number of anilines is 1. The first-order chi connectivity index (χ1) is 18.2. The number of ether oxygens (including phenoxy) is 1. The van der Waals surface area contributed by atoms with Crippen LogP contribution in [-0.2, 0) is 24.1 Å². The number of carbonyl (C=O) groups excluding carboxylic acids is 3. The zero-order chi connectivity index (χ0) is 26.9. The van der Waals surface area contributed by atoms with Gasteiger partial charge in [0.15, 0.2) is 12.3 Å². The maximum atomic E-state index is 12.9. The minimum Gasteiger partial charge on any atom is -0.482 e. The lowest BCUT2D eigenvalue weighted by Gasteiger charge is -2.18. The monoisotopic (exact) mass is 524 g/mol. The molecule has 0 radical (unpaired) electrons. The fraction of sp³-hybridized carbons (Fsp3) is 0.160. The number of amides is 3. The van der Waals surface area contributed by atoms with Crippen LogP contribution in [-0.4, -0.2) is 39.3 Å². The van der Waals surface area contributed by atoms with E-state index in [4.69, 9.17) is 4.74 Å². The van der Waals surface area contributed by atoms with Gasteiger partial charge in [0.05, 0.1) is 22.3 Å². The van der Waals surface area contributed by atoms with Gasteiger partial charge in [-0.15, -0.1) is 0 Å². The highest BCUT2D eigenvalue weighted by Gasteiger charge is 2.30. The van der Waals surface area contributed by atoms with Gasteiger partial charge in [0.1, 0.15) is 17.6 Å². The van der Waals surface area contributed by atoms with Crippen LogP contribution in [0.2, 0.25) is 0 Å². The lowest BCUT2D eigenvalue weighted by molar-refractivity contribution is -0.137. The Morgan fingerprint density at radius 2 is 1.68 bits per heavy atom. The average molecular weight is 524 g/mol. The maximum Gasteiger partial charge on any atom is 0.416 e. The van der Waals surface area contributed by atoms with Gasteiger partial charge in [-0.1, -0.05) is 18.2 Å². The van der Waals surface area contributed by atoms with Crippen LogP contribution in [0.4, 0.5) is 18.9 Å². The van der Waals surface area contributed by atoms with Gasteiger partial charge < -0.3 is 25.7 Å². The zero-order valence-electron chi connectivity index (χ0n) is 19.5. The van der Waals surface area contributed by atoms with Gasteiger partial charge in [-0.3, -0.25) is 14.4 Å². The number of fused-ring (bicyclic) bond motifs is 2. The quantitative estimate of drug-likeness (QED) is 0.306. The summed E-state index contributed by atoms with van der Waals surface area (Å²) in [5.74, 6) is -0.783. The molecule has 0 aliphatic carbocycles. The first-order valence-corrected chi connectivity index (χ1v) is 11.3. The second-order valence-electron chi connectivity index (χ2n) is 8.38. The Morgan fingerprint density at radius 3 is 2.45 bits per heavy atom. The summed E-state index contributed by atoms with van der Waals surface area (Å²) >= 11 is 0. The highest BCUT2D eigenvalue weighted by atomic mass is 19.4. The molecule has 194 valence electrons. The second kappa shape index (κ2) is 9.84. The fourth-order valence-electron chi connectivity index (χ4n) is 3.88. The van der Waals surface area contributed by atoms with Gasteiger partial charge in [0, 0.05) is 19.3 Å². The van der Waals surface area contributed by atoms with Crippen LogP contribution in [0.1, 0.15) is 37.5 Å².